The van der Waals surface area contributed by atoms with Crippen molar-refractivity contribution < 1.29 is 4.52 Å². The van der Waals surface area contributed by atoms with Gasteiger partial charge in [0.1, 0.15) is 5.76 Å². The van der Waals surface area contributed by atoms with Crippen molar-refractivity contribution in [1.29, 1.82) is 0 Å². The van der Waals surface area contributed by atoms with Gasteiger partial charge in [0.05, 0.1) is 5.69 Å². The number of aryl methyl sites for hydroxylation is 2. The Hall–Kier alpha value is -0.830. The van der Waals surface area contributed by atoms with Crippen LogP contribution >= 0.6 is 0 Å². The fraction of sp³-hybridized carbons (Fsp3) is 0.786. The van der Waals surface area contributed by atoms with Gasteiger partial charge in [-0.15, -0.1) is 0 Å². The summed E-state index contributed by atoms with van der Waals surface area (Å²) in [5.41, 5.74) is 2.23. The van der Waals surface area contributed by atoms with Gasteiger partial charge in [0.15, 0.2) is 0 Å². The molecular weight excluding hydrogens is 212 g/mol. The summed E-state index contributed by atoms with van der Waals surface area (Å²) < 4.78 is 5.23. The average molecular weight is 238 g/mol. The van der Waals surface area contributed by atoms with E-state index in [4.69, 9.17) is 4.52 Å². The monoisotopic (exact) mass is 238 g/mol. The molecule has 1 aromatic rings. The number of hydrogen-bond donors (Lipinski definition) is 1. The third-order valence-electron chi connectivity index (χ3n) is 3.28. The van der Waals surface area contributed by atoms with Gasteiger partial charge in [-0.05, 0) is 33.6 Å². The Morgan fingerprint density at radius 2 is 1.76 bits per heavy atom. The largest absolute Gasteiger partial charge is 0.361 e. The highest BCUT2D eigenvalue weighted by Crippen LogP contribution is 2.22. The van der Waals surface area contributed by atoms with Crippen molar-refractivity contribution >= 4 is 0 Å². The van der Waals surface area contributed by atoms with Crippen molar-refractivity contribution in [3.05, 3.63) is 17.0 Å². The van der Waals surface area contributed by atoms with Crippen molar-refractivity contribution in [1.82, 2.24) is 10.5 Å². The molecule has 1 aromatic heterocycles. The van der Waals surface area contributed by atoms with E-state index in [1.54, 1.807) is 0 Å². The summed E-state index contributed by atoms with van der Waals surface area (Å²) in [4.78, 5) is 0. The molecule has 1 unspecified atom stereocenters. The average Bonchev–Trinajstić information content (AvgIpc) is 2.59. The topological polar surface area (TPSA) is 38.1 Å². The Bertz CT molecular complexity index is 307. The second-order valence-corrected chi connectivity index (χ2v) is 4.90. The predicted octanol–water partition coefficient (Wildman–Crippen LogP) is 3.91. The summed E-state index contributed by atoms with van der Waals surface area (Å²) in [5.74, 6) is 0.939. The lowest BCUT2D eigenvalue weighted by molar-refractivity contribution is 0.382. The molecule has 0 bridgehead atoms. The maximum Gasteiger partial charge on any atom is 0.138 e. The lowest BCUT2D eigenvalue weighted by atomic mass is 10.0. The number of aromatic nitrogens is 1. The maximum absolute atomic E-state index is 5.23. The van der Waals surface area contributed by atoms with E-state index >= 15 is 0 Å². The SMILES string of the molecule is CCCC(CCC)NC(C)c1c(C)noc1C. The standard InChI is InChI=1S/C14H26N2O/c1-6-8-13(9-7-2)15-10(3)14-11(4)16-17-12(14)5/h10,13,15H,6-9H2,1-5H3. The molecule has 1 heterocycles. The van der Waals surface area contributed by atoms with Crippen molar-refractivity contribution in [2.45, 2.75) is 72.4 Å². The van der Waals surface area contributed by atoms with Crippen LogP contribution in [-0.2, 0) is 0 Å². The van der Waals surface area contributed by atoms with E-state index in [-0.39, 0.29) is 0 Å². The summed E-state index contributed by atoms with van der Waals surface area (Å²) in [6.45, 7) is 10.7. The van der Waals surface area contributed by atoms with Crippen LogP contribution in [0.15, 0.2) is 4.52 Å². The molecule has 0 fully saturated rings. The van der Waals surface area contributed by atoms with Crippen LogP contribution in [0.4, 0.5) is 0 Å². The van der Waals surface area contributed by atoms with Gasteiger partial charge in [-0.3, -0.25) is 0 Å². The Morgan fingerprint density at radius 1 is 1.18 bits per heavy atom. The molecule has 3 nitrogen and oxygen atoms in total. The summed E-state index contributed by atoms with van der Waals surface area (Å²) in [6.07, 6.45) is 4.93. The second kappa shape index (κ2) is 6.80. The predicted molar refractivity (Wildman–Crippen MR) is 71.1 cm³/mol. The van der Waals surface area contributed by atoms with Gasteiger partial charge < -0.3 is 9.84 Å². The van der Waals surface area contributed by atoms with Gasteiger partial charge in [0.2, 0.25) is 0 Å². The first-order chi connectivity index (χ1) is 8.10. The van der Waals surface area contributed by atoms with E-state index in [2.05, 4.69) is 31.2 Å². The number of rotatable bonds is 7. The summed E-state index contributed by atoms with van der Waals surface area (Å²) in [6, 6.07) is 0.929. The van der Waals surface area contributed by atoms with Gasteiger partial charge in [0.25, 0.3) is 0 Å². The molecule has 0 radical (unpaired) electrons. The summed E-state index contributed by atoms with van der Waals surface area (Å²) >= 11 is 0. The van der Waals surface area contributed by atoms with Gasteiger partial charge in [-0.25, -0.2) is 0 Å². The van der Waals surface area contributed by atoms with Crippen molar-refractivity contribution in [2.24, 2.45) is 0 Å². The van der Waals surface area contributed by atoms with Crippen LogP contribution in [0, 0.1) is 13.8 Å². The highest BCUT2D eigenvalue weighted by atomic mass is 16.5. The third-order valence-corrected chi connectivity index (χ3v) is 3.28. The van der Waals surface area contributed by atoms with Gasteiger partial charge >= 0.3 is 0 Å². The van der Waals surface area contributed by atoms with Gasteiger partial charge in [0, 0.05) is 17.6 Å². The number of nitrogens with zero attached hydrogens (tertiary/aromatic N) is 1. The fourth-order valence-corrected chi connectivity index (χ4v) is 2.55. The maximum atomic E-state index is 5.23. The van der Waals surface area contributed by atoms with Gasteiger partial charge in [-0.1, -0.05) is 31.8 Å². The van der Waals surface area contributed by atoms with Crippen LogP contribution in [0.1, 0.15) is 69.5 Å². The van der Waals surface area contributed by atoms with E-state index in [9.17, 15) is 0 Å². The molecule has 1 atom stereocenters. The molecule has 0 aromatic carbocycles. The molecule has 3 heteroatoms. The number of nitrogens with one attached hydrogen (secondary N) is 1. The second-order valence-electron chi connectivity index (χ2n) is 4.90. The normalized spacial score (nSPS) is 13.3. The van der Waals surface area contributed by atoms with Gasteiger partial charge in [-0.2, -0.15) is 0 Å². The van der Waals surface area contributed by atoms with Crippen molar-refractivity contribution in [2.75, 3.05) is 0 Å². The van der Waals surface area contributed by atoms with E-state index < -0.39 is 0 Å². The highest BCUT2D eigenvalue weighted by molar-refractivity contribution is 5.24. The summed E-state index contributed by atoms with van der Waals surface area (Å²) in [7, 11) is 0. The quantitative estimate of drug-likeness (QED) is 0.782. The Labute approximate surface area is 105 Å². The van der Waals surface area contributed by atoms with Crippen molar-refractivity contribution in [3.63, 3.8) is 0 Å². The van der Waals surface area contributed by atoms with E-state index in [1.165, 1.54) is 31.2 Å². The Balaban J connectivity index is 2.66. The molecule has 1 rings (SSSR count). The molecule has 0 aliphatic heterocycles. The number of hydrogen-bond acceptors (Lipinski definition) is 3. The van der Waals surface area contributed by atoms with Crippen LogP contribution in [0.25, 0.3) is 0 Å². The molecule has 1 N–H and O–H groups in total. The van der Waals surface area contributed by atoms with Crippen LogP contribution < -0.4 is 5.32 Å². The van der Waals surface area contributed by atoms with Crippen LogP contribution in [0.3, 0.4) is 0 Å². The molecule has 0 spiro atoms. The molecule has 98 valence electrons. The Kier molecular flexibility index (Phi) is 5.69. The first-order valence-corrected chi connectivity index (χ1v) is 6.78. The minimum Gasteiger partial charge on any atom is -0.361 e. The zero-order valence-electron chi connectivity index (χ0n) is 11.8. The lowest BCUT2D eigenvalue weighted by Gasteiger charge is -2.22. The molecule has 0 aliphatic rings. The van der Waals surface area contributed by atoms with Crippen molar-refractivity contribution in [3.8, 4) is 0 Å². The third kappa shape index (κ3) is 3.84. The van der Waals surface area contributed by atoms with E-state index in [1.807, 2.05) is 13.8 Å². The van der Waals surface area contributed by atoms with E-state index in [0.717, 1.165) is 11.5 Å². The first-order valence-electron chi connectivity index (χ1n) is 6.78. The molecule has 0 saturated heterocycles. The van der Waals surface area contributed by atoms with Crippen LogP contribution in [0.5, 0.6) is 0 Å². The lowest BCUT2D eigenvalue weighted by Crippen LogP contribution is -2.31. The highest BCUT2D eigenvalue weighted by Gasteiger charge is 2.18. The zero-order chi connectivity index (χ0) is 12.8. The molecule has 17 heavy (non-hydrogen) atoms. The first kappa shape index (κ1) is 14.2. The minimum atomic E-state index is 0.323. The molecule has 0 saturated carbocycles. The zero-order valence-corrected chi connectivity index (χ0v) is 11.8. The summed E-state index contributed by atoms with van der Waals surface area (Å²) in [5, 5.41) is 7.72. The van der Waals surface area contributed by atoms with Crippen LogP contribution in [-0.4, -0.2) is 11.2 Å². The molecule has 0 amide bonds. The fourth-order valence-electron chi connectivity index (χ4n) is 2.55. The van der Waals surface area contributed by atoms with Crippen LogP contribution in [0.2, 0.25) is 0 Å². The smallest absolute Gasteiger partial charge is 0.138 e. The minimum absolute atomic E-state index is 0.323. The Morgan fingerprint density at radius 3 is 2.18 bits per heavy atom. The molecule has 0 aliphatic carbocycles. The molecular formula is C14H26N2O. The van der Waals surface area contributed by atoms with E-state index in [0.29, 0.717) is 12.1 Å².